The van der Waals surface area contributed by atoms with Crippen LogP contribution in [0.1, 0.15) is 53.4 Å². The highest BCUT2D eigenvalue weighted by molar-refractivity contribution is 6.04. The van der Waals surface area contributed by atoms with E-state index in [1.54, 1.807) is 0 Å². The van der Waals surface area contributed by atoms with Crippen molar-refractivity contribution in [2.75, 3.05) is 11.9 Å². The summed E-state index contributed by atoms with van der Waals surface area (Å²) in [5.41, 5.74) is 7.02. The molecule has 0 fully saturated rings. The van der Waals surface area contributed by atoms with Crippen LogP contribution in [0.4, 0.5) is 5.69 Å². The van der Waals surface area contributed by atoms with E-state index in [1.165, 1.54) is 0 Å². The Bertz CT molecular complexity index is 1300. The fraction of sp³-hybridized carbons (Fsp3) is 0.250. The van der Waals surface area contributed by atoms with E-state index in [1.807, 2.05) is 44.2 Å². The van der Waals surface area contributed by atoms with Crippen LogP contribution in [-0.2, 0) is 0 Å². The summed E-state index contributed by atoms with van der Waals surface area (Å²) >= 11 is 0. The number of nitrogens with one attached hydrogen (secondary N) is 1. The normalized spacial score (nSPS) is 12.3. The van der Waals surface area contributed by atoms with Gasteiger partial charge in [-0.25, -0.2) is 0 Å². The molecule has 158 valence electrons. The molecule has 0 unspecified atom stereocenters. The highest BCUT2D eigenvalue weighted by Crippen LogP contribution is 2.40. The van der Waals surface area contributed by atoms with Crippen molar-refractivity contribution in [3.8, 4) is 11.5 Å². The molecule has 3 aromatic rings. The molecule has 0 saturated carbocycles. The molecule has 0 amide bonds. The first kappa shape index (κ1) is 20.9. The Kier molecular flexibility index (Phi) is 5.45. The maximum atomic E-state index is 13.1. The van der Waals surface area contributed by atoms with Crippen LogP contribution in [-0.4, -0.2) is 12.3 Å². The van der Waals surface area contributed by atoms with Gasteiger partial charge in [-0.1, -0.05) is 44.7 Å². The largest absolute Gasteiger partial charge is 0.456 e. The van der Waals surface area contributed by atoms with E-state index in [-0.39, 0.29) is 11.7 Å². The number of hydrogen-bond donors (Lipinski definition) is 1. The minimum atomic E-state index is -0.0812. The number of Topliss-reactive ketones (excluding diaryl/α,β-unsaturated/α-hetero) is 1. The summed E-state index contributed by atoms with van der Waals surface area (Å²) in [4.78, 5) is 13.1. The van der Waals surface area contributed by atoms with Gasteiger partial charge in [-0.3, -0.25) is 4.79 Å². The summed E-state index contributed by atoms with van der Waals surface area (Å²) in [6.07, 6.45) is 0. The Labute approximate surface area is 184 Å². The lowest BCUT2D eigenvalue weighted by Gasteiger charge is -2.25. The Balaban J connectivity index is 2.12. The molecule has 3 heteroatoms. The molecule has 3 aromatic carbocycles. The van der Waals surface area contributed by atoms with Crippen LogP contribution >= 0.6 is 0 Å². The number of fused-ring (bicyclic) bond motifs is 2. The smallest absolute Gasteiger partial charge is 0.166 e. The van der Waals surface area contributed by atoms with Gasteiger partial charge in [0.05, 0.1) is 0 Å². The third-order valence-electron chi connectivity index (χ3n) is 5.88. The number of ketones is 1. The predicted molar refractivity (Wildman–Crippen MR) is 129 cm³/mol. The fourth-order valence-electron chi connectivity index (χ4n) is 4.14. The number of benzene rings is 3. The quantitative estimate of drug-likeness (QED) is 0.451. The molecule has 4 rings (SSSR count). The number of carbonyl (C=O) groups excluding carboxylic acids is 1. The lowest BCUT2D eigenvalue weighted by molar-refractivity contribution is 0.0939. The average Bonchev–Trinajstić information content (AvgIpc) is 2.74. The summed E-state index contributed by atoms with van der Waals surface area (Å²) in [6.45, 7) is 15.1. The van der Waals surface area contributed by atoms with E-state index in [0.29, 0.717) is 0 Å². The average molecular weight is 412 g/mol. The monoisotopic (exact) mass is 411 g/mol. The highest BCUT2D eigenvalue weighted by atomic mass is 16.5. The van der Waals surface area contributed by atoms with E-state index >= 15 is 0 Å². The van der Waals surface area contributed by atoms with Crippen molar-refractivity contribution in [1.29, 1.82) is 0 Å². The molecule has 1 aliphatic rings. The molecule has 0 bridgehead atoms. The molecule has 1 N–H and O–H groups in total. The Hall–Kier alpha value is -3.33. The molecule has 0 aliphatic carbocycles. The third kappa shape index (κ3) is 3.65. The van der Waals surface area contributed by atoms with Crippen molar-refractivity contribution in [1.82, 2.24) is 0 Å². The molecule has 1 aliphatic heterocycles. The van der Waals surface area contributed by atoms with Crippen LogP contribution in [0, 0.1) is 19.8 Å². The van der Waals surface area contributed by atoms with Crippen LogP contribution in [0.15, 0.2) is 48.5 Å². The number of rotatable bonds is 5. The lowest BCUT2D eigenvalue weighted by Crippen LogP contribution is -2.23. The highest BCUT2D eigenvalue weighted by Gasteiger charge is 2.25. The van der Waals surface area contributed by atoms with Crippen molar-refractivity contribution in [3.05, 3.63) is 86.8 Å². The minimum Gasteiger partial charge on any atom is -0.456 e. The lowest BCUT2D eigenvalue weighted by atomic mass is 9.85. The van der Waals surface area contributed by atoms with Crippen molar-refractivity contribution in [2.24, 2.45) is 5.92 Å². The Morgan fingerprint density at radius 3 is 2.45 bits per heavy atom. The molecule has 0 aromatic heterocycles. The number of anilines is 1. The summed E-state index contributed by atoms with van der Waals surface area (Å²) in [5, 5.41) is 5.35. The molecular formula is C28H29NO2. The van der Waals surface area contributed by atoms with Crippen molar-refractivity contribution >= 4 is 23.6 Å². The molecule has 0 radical (unpaired) electrons. The van der Waals surface area contributed by atoms with Crippen LogP contribution in [0.3, 0.4) is 0 Å². The summed E-state index contributed by atoms with van der Waals surface area (Å²) < 4.78 is 6.37. The van der Waals surface area contributed by atoms with Gasteiger partial charge in [0.1, 0.15) is 11.5 Å². The van der Waals surface area contributed by atoms with Gasteiger partial charge in [0.25, 0.3) is 0 Å². The van der Waals surface area contributed by atoms with E-state index in [2.05, 4.69) is 50.9 Å². The zero-order chi connectivity index (χ0) is 22.3. The second-order valence-electron chi connectivity index (χ2n) is 8.51. The number of carbonyl (C=O) groups is 1. The van der Waals surface area contributed by atoms with Crippen LogP contribution in [0.5, 0.6) is 11.5 Å². The van der Waals surface area contributed by atoms with Crippen LogP contribution < -0.4 is 20.5 Å². The van der Waals surface area contributed by atoms with Gasteiger partial charge in [-0.2, -0.15) is 0 Å². The zero-order valence-electron chi connectivity index (χ0n) is 18.9. The number of hydrogen-bond acceptors (Lipinski definition) is 3. The van der Waals surface area contributed by atoms with Crippen molar-refractivity contribution < 1.29 is 9.53 Å². The maximum absolute atomic E-state index is 13.1. The van der Waals surface area contributed by atoms with Crippen LogP contribution in [0.25, 0.3) is 12.2 Å². The maximum Gasteiger partial charge on any atom is 0.166 e. The zero-order valence-corrected chi connectivity index (χ0v) is 18.9. The van der Waals surface area contributed by atoms with Gasteiger partial charge in [0.2, 0.25) is 0 Å². The standard InChI is InChI=1S/C28H29NO2/c1-7-29-24-15-26-23(13-19(24)6)27(22-12-17(4)18(5)14-25(22)31-26)20-10-8-9-11-21(20)28(30)16(2)3/h8-16,29H,5,7H2,1-4,6H3. The van der Waals surface area contributed by atoms with Gasteiger partial charge < -0.3 is 10.1 Å². The third-order valence-corrected chi connectivity index (χ3v) is 5.88. The first-order valence-corrected chi connectivity index (χ1v) is 10.9. The van der Waals surface area contributed by atoms with Crippen LogP contribution in [0.2, 0.25) is 0 Å². The van der Waals surface area contributed by atoms with Gasteiger partial charge in [-0.05, 0) is 60.9 Å². The van der Waals surface area contributed by atoms with E-state index in [4.69, 9.17) is 4.74 Å². The number of aryl methyl sites for hydroxylation is 2. The molecular weight excluding hydrogens is 382 g/mol. The van der Waals surface area contributed by atoms with Gasteiger partial charge >= 0.3 is 0 Å². The summed E-state index contributed by atoms with van der Waals surface area (Å²) in [6, 6.07) is 16.3. The SMILES string of the molecule is C=c1cc2c(cc1C)=C(c1ccccc1C(=O)C(C)C)c1cc(C)c(NCC)cc1O2. The number of ether oxygens (including phenoxy) is 1. The van der Waals surface area contributed by atoms with Crippen molar-refractivity contribution in [2.45, 2.75) is 34.6 Å². The second kappa shape index (κ2) is 8.07. The molecule has 31 heavy (non-hydrogen) atoms. The molecule has 3 nitrogen and oxygen atoms in total. The van der Waals surface area contributed by atoms with E-state index < -0.39 is 0 Å². The topological polar surface area (TPSA) is 38.3 Å². The molecule has 0 atom stereocenters. The first-order chi connectivity index (χ1) is 14.8. The van der Waals surface area contributed by atoms with E-state index in [9.17, 15) is 4.79 Å². The molecule has 1 heterocycles. The van der Waals surface area contributed by atoms with E-state index in [0.717, 1.165) is 67.6 Å². The molecule has 0 saturated heterocycles. The summed E-state index contributed by atoms with van der Waals surface area (Å²) in [7, 11) is 0. The Morgan fingerprint density at radius 1 is 1.00 bits per heavy atom. The predicted octanol–water partition coefficient (Wildman–Crippen LogP) is 5.34. The fourth-order valence-corrected chi connectivity index (χ4v) is 4.14. The Morgan fingerprint density at radius 2 is 1.74 bits per heavy atom. The second-order valence-corrected chi connectivity index (χ2v) is 8.51. The van der Waals surface area contributed by atoms with Gasteiger partial charge in [-0.15, -0.1) is 0 Å². The minimum absolute atomic E-state index is 0.0812. The summed E-state index contributed by atoms with van der Waals surface area (Å²) in [5.74, 6) is 1.63. The van der Waals surface area contributed by atoms with Gasteiger partial charge in [0.15, 0.2) is 5.78 Å². The van der Waals surface area contributed by atoms with Gasteiger partial charge in [0, 0.05) is 46.1 Å². The van der Waals surface area contributed by atoms with Crippen molar-refractivity contribution in [3.63, 3.8) is 0 Å². The molecule has 0 spiro atoms. The first-order valence-electron chi connectivity index (χ1n) is 10.9.